The molecule has 1 fully saturated rings. The van der Waals surface area contributed by atoms with E-state index in [-0.39, 0.29) is 0 Å². The predicted octanol–water partition coefficient (Wildman–Crippen LogP) is 3.27. The summed E-state index contributed by atoms with van der Waals surface area (Å²) >= 11 is 0. The van der Waals surface area contributed by atoms with Crippen LogP contribution in [0.5, 0.6) is 0 Å². The summed E-state index contributed by atoms with van der Waals surface area (Å²) in [6.07, 6.45) is 13.7. The minimum atomic E-state index is 1.08. The normalized spacial score (nSPS) is 22.1. The minimum absolute atomic E-state index is 1.08. The largest absolute Gasteiger partial charge is 0.316 e. The molecule has 1 heteroatoms. The lowest BCUT2D eigenvalue weighted by Crippen LogP contribution is -2.17. The molecule has 0 radical (unpaired) electrons. The van der Waals surface area contributed by atoms with Crippen LogP contribution < -0.4 is 5.32 Å². The number of nitrogens with one attached hydrogen (secondary N) is 1. The lowest BCUT2D eigenvalue weighted by molar-refractivity contribution is 0.595. The lowest BCUT2D eigenvalue weighted by Gasteiger charge is -2.12. The standard InChI is InChI=1S/C13H23N/c1-2-4-12(5-3-1)8-10-14-11-9-13-6-7-13/h4,13-14H,1-3,5-11H2. The highest BCUT2D eigenvalue weighted by Gasteiger charge is 2.19. The molecule has 0 amide bonds. The summed E-state index contributed by atoms with van der Waals surface area (Å²) in [5, 5.41) is 3.56. The quantitative estimate of drug-likeness (QED) is 0.504. The van der Waals surface area contributed by atoms with E-state index in [0.717, 1.165) is 5.92 Å². The first-order chi connectivity index (χ1) is 6.95. The number of allylic oxidation sites excluding steroid dienone is 1. The van der Waals surface area contributed by atoms with Crippen molar-refractivity contribution in [3.63, 3.8) is 0 Å². The Hall–Kier alpha value is -0.300. The predicted molar refractivity (Wildman–Crippen MR) is 61.4 cm³/mol. The Labute approximate surface area is 88.0 Å². The van der Waals surface area contributed by atoms with Gasteiger partial charge >= 0.3 is 0 Å². The van der Waals surface area contributed by atoms with Crippen LogP contribution in [0, 0.1) is 5.92 Å². The maximum absolute atomic E-state index is 3.56. The fourth-order valence-electron chi connectivity index (χ4n) is 2.22. The summed E-state index contributed by atoms with van der Waals surface area (Å²) in [5.41, 5.74) is 1.70. The van der Waals surface area contributed by atoms with Crippen LogP contribution >= 0.6 is 0 Å². The van der Waals surface area contributed by atoms with Gasteiger partial charge in [0.25, 0.3) is 0 Å². The van der Waals surface area contributed by atoms with Crippen LogP contribution in [0.15, 0.2) is 11.6 Å². The van der Waals surface area contributed by atoms with Crippen molar-refractivity contribution in [2.45, 2.75) is 51.4 Å². The van der Waals surface area contributed by atoms with Gasteiger partial charge in [0, 0.05) is 0 Å². The maximum Gasteiger partial charge on any atom is -0.00116 e. The molecule has 0 spiro atoms. The van der Waals surface area contributed by atoms with Gasteiger partial charge in [-0.05, 0) is 57.5 Å². The molecular formula is C13H23N. The second kappa shape index (κ2) is 5.55. The Bertz CT molecular complexity index is 191. The van der Waals surface area contributed by atoms with Gasteiger partial charge in [-0.15, -0.1) is 0 Å². The van der Waals surface area contributed by atoms with Crippen LogP contribution in [0.3, 0.4) is 0 Å². The molecule has 0 aromatic rings. The summed E-state index contributed by atoms with van der Waals surface area (Å²) in [6.45, 7) is 2.45. The minimum Gasteiger partial charge on any atom is -0.316 e. The Morgan fingerprint density at radius 2 is 2.14 bits per heavy atom. The molecule has 80 valence electrons. The summed E-state index contributed by atoms with van der Waals surface area (Å²) in [7, 11) is 0. The van der Waals surface area contributed by atoms with Crippen molar-refractivity contribution < 1.29 is 0 Å². The molecule has 0 atom stereocenters. The first-order valence-corrected chi connectivity index (χ1v) is 6.34. The summed E-state index contributed by atoms with van der Waals surface area (Å²) in [6, 6.07) is 0. The highest BCUT2D eigenvalue weighted by molar-refractivity contribution is 5.05. The molecular weight excluding hydrogens is 170 g/mol. The van der Waals surface area contributed by atoms with Gasteiger partial charge in [-0.1, -0.05) is 24.5 Å². The molecule has 0 unspecified atom stereocenters. The van der Waals surface area contributed by atoms with Gasteiger partial charge in [-0.3, -0.25) is 0 Å². The van der Waals surface area contributed by atoms with E-state index in [1.165, 1.54) is 64.5 Å². The second-order valence-electron chi connectivity index (χ2n) is 4.84. The van der Waals surface area contributed by atoms with E-state index in [2.05, 4.69) is 11.4 Å². The highest BCUT2D eigenvalue weighted by Crippen LogP contribution is 2.31. The molecule has 1 N–H and O–H groups in total. The zero-order valence-corrected chi connectivity index (χ0v) is 9.23. The van der Waals surface area contributed by atoms with Crippen molar-refractivity contribution in [2.75, 3.05) is 13.1 Å². The van der Waals surface area contributed by atoms with Crippen LogP contribution in [0.1, 0.15) is 51.4 Å². The Morgan fingerprint density at radius 3 is 2.86 bits per heavy atom. The van der Waals surface area contributed by atoms with E-state index in [9.17, 15) is 0 Å². The van der Waals surface area contributed by atoms with Gasteiger partial charge in [-0.25, -0.2) is 0 Å². The van der Waals surface area contributed by atoms with Crippen molar-refractivity contribution in [3.05, 3.63) is 11.6 Å². The van der Waals surface area contributed by atoms with Crippen molar-refractivity contribution in [1.29, 1.82) is 0 Å². The zero-order chi connectivity index (χ0) is 9.64. The van der Waals surface area contributed by atoms with Crippen LogP contribution in [0.25, 0.3) is 0 Å². The zero-order valence-electron chi connectivity index (χ0n) is 9.23. The Kier molecular flexibility index (Phi) is 4.05. The average molecular weight is 193 g/mol. The molecule has 0 aromatic carbocycles. The monoisotopic (exact) mass is 193 g/mol. The molecule has 0 heterocycles. The number of rotatable bonds is 6. The van der Waals surface area contributed by atoms with E-state index < -0.39 is 0 Å². The molecule has 1 nitrogen and oxygen atoms in total. The van der Waals surface area contributed by atoms with Gasteiger partial charge < -0.3 is 5.32 Å². The first-order valence-electron chi connectivity index (χ1n) is 6.34. The third-order valence-electron chi connectivity index (χ3n) is 3.43. The third-order valence-corrected chi connectivity index (χ3v) is 3.43. The van der Waals surface area contributed by atoms with Crippen molar-refractivity contribution >= 4 is 0 Å². The van der Waals surface area contributed by atoms with Crippen LogP contribution in [0.4, 0.5) is 0 Å². The molecule has 2 aliphatic carbocycles. The summed E-state index contributed by atoms with van der Waals surface area (Å²) < 4.78 is 0. The van der Waals surface area contributed by atoms with Crippen LogP contribution in [-0.2, 0) is 0 Å². The average Bonchev–Trinajstić information content (AvgIpc) is 3.03. The van der Waals surface area contributed by atoms with Crippen LogP contribution in [0.2, 0.25) is 0 Å². The summed E-state index contributed by atoms with van der Waals surface area (Å²) in [4.78, 5) is 0. The summed E-state index contributed by atoms with van der Waals surface area (Å²) in [5.74, 6) is 1.08. The molecule has 0 bridgehead atoms. The van der Waals surface area contributed by atoms with E-state index in [1.54, 1.807) is 5.57 Å². The van der Waals surface area contributed by atoms with Crippen molar-refractivity contribution in [3.8, 4) is 0 Å². The van der Waals surface area contributed by atoms with E-state index in [1.807, 2.05) is 0 Å². The maximum atomic E-state index is 3.56. The third kappa shape index (κ3) is 3.83. The van der Waals surface area contributed by atoms with Gasteiger partial charge in [-0.2, -0.15) is 0 Å². The lowest BCUT2D eigenvalue weighted by atomic mass is 9.97. The van der Waals surface area contributed by atoms with Crippen LogP contribution in [-0.4, -0.2) is 13.1 Å². The molecule has 0 aromatic heterocycles. The smallest absolute Gasteiger partial charge is 0.00116 e. The molecule has 0 aliphatic heterocycles. The molecule has 14 heavy (non-hydrogen) atoms. The highest BCUT2D eigenvalue weighted by atomic mass is 14.8. The number of hydrogen-bond donors (Lipinski definition) is 1. The molecule has 2 rings (SSSR count). The second-order valence-corrected chi connectivity index (χ2v) is 4.84. The van der Waals surface area contributed by atoms with Gasteiger partial charge in [0.05, 0.1) is 0 Å². The van der Waals surface area contributed by atoms with E-state index in [0.29, 0.717) is 0 Å². The molecule has 1 saturated carbocycles. The van der Waals surface area contributed by atoms with E-state index >= 15 is 0 Å². The molecule has 0 saturated heterocycles. The van der Waals surface area contributed by atoms with Gasteiger partial charge in [0.1, 0.15) is 0 Å². The van der Waals surface area contributed by atoms with E-state index in [4.69, 9.17) is 0 Å². The topological polar surface area (TPSA) is 12.0 Å². The SMILES string of the molecule is C1=C(CCNCCC2CC2)CCCC1. The fraction of sp³-hybridized carbons (Fsp3) is 0.846. The number of hydrogen-bond acceptors (Lipinski definition) is 1. The van der Waals surface area contributed by atoms with Gasteiger partial charge in [0.15, 0.2) is 0 Å². The van der Waals surface area contributed by atoms with Crippen molar-refractivity contribution in [2.24, 2.45) is 5.92 Å². The Balaban J connectivity index is 1.46. The van der Waals surface area contributed by atoms with Crippen molar-refractivity contribution in [1.82, 2.24) is 5.32 Å². The molecule has 2 aliphatic rings. The Morgan fingerprint density at radius 1 is 1.21 bits per heavy atom. The fourth-order valence-corrected chi connectivity index (χ4v) is 2.22. The van der Waals surface area contributed by atoms with Gasteiger partial charge in [0.2, 0.25) is 0 Å². The first kappa shape index (κ1) is 10.2.